The van der Waals surface area contributed by atoms with Crippen molar-refractivity contribution in [2.75, 3.05) is 0 Å². The fourth-order valence-electron chi connectivity index (χ4n) is 2.65. The molecule has 136 valence electrons. The Morgan fingerprint density at radius 2 is 1.88 bits per heavy atom. The van der Waals surface area contributed by atoms with E-state index in [1.807, 2.05) is 5.32 Å². The smallest absolute Gasteiger partial charge is 0.405 e. The standard InChI is InChI=1S/C17H15F3N4O2/c1-9(17(18,19)20)14(24-16(25)26)15-22-12-3-2-11(8-13(12)23-15)10-4-6-21-7-5-10/h2-9,14,24H,1H3,(H,22,23)(H,25,26). The molecular weight excluding hydrogens is 349 g/mol. The van der Waals surface area contributed by atoms with Crippen LogP contribution in [-0.4, -0.2) is 32.3 Å². The van der Waals surface area contributed by atoms with Crippen LogP contribution in [0.25, 0.3) is 22.2 Å². The third-order valence-electron chi connectivity index (χ3n) is 4.10. The Morgan fingerprint density at radius 1 is 1.19 bits per heavy atom. The minimum atomic E-state index is -4.58. The van der Waals surface area contributed by atoms with Crippen molar-refractivity contribution in [1.82, 2.24) is 20.3 Å². The highest BCUT2D eigenvalue weighted by Crippen LogP contribution is 2.35. The summed E-state index contributed by atoms with van der Waals surface area (Å²) in [6, 6.07) is 7.27. The number of amides is 1. The summed E-state index contributed by atoms with van der Waals surface area (Å²) in [4.78, 5) is 21.8. The van der Waals surface area contributed by atoms with Crippen LogP contribution in [0.5, 0.6) is 0 Å². The molecule has 1 amide bonds. The van der Waals surface area contributed by atoms with Crippen LogP contribution in [0.3, 0.4) is 0 Å². The SMILES string of the molecule is CC(C(NC(=O)O)c1nc2ccc(-c3ccncc3)cc2[nH]1)C(F)(F)F. The zero-order chi connectivity index (χ0) is 18.9. The van der Waals surface area contributed by atoms with Gasteiger partial charge in [-0.3, -0.25) is 4.98 Å². The van der Waals surface area contributed by atoms with Gasteiger partial charge in [0.1, 0.15) is 11.9 Å². The van der Waals surface area contributed by atoms with Crippen LogP contribution in [0.15, 0.2) is 42.7 Å². The molecule has 2 atom stereocenters. The molecule has 2 heterocycles. The van der Waals surface area contributed by atoms with Crippen LogP contribution in [0.2, 0.25) is 0 Å². The predicted octanol–water partition coefficient (Wildman–Crippen LogP) is 4.13. The first-order valence-corrected chi connectivity index (χ1v) is 7.72. The monoisotopic (exact) mass is 364 g/mol. The molecule has 3 N–H and O–H groups in total. The van der Waals surface area contributed by atoms with Crippen LogP contribution < -0.4 is 5.32 Å². The Morgan fingerprint density at radius 3 is 2.50 bits per heavy atom. The summed E-state index contributed by atoms with van der Waals surface area (Å²) >= 11 is 0. The highest BCUT2D eigenvalue weighted by molar-refractivity contribution is 5.82. The number of benzene rings is 1. The molecule has 9 heteroatoms. The number of fused-ring (bicyclic) bond motifs is 1. The lowest BCUT2D eigenvalue weighted by atomic mass is 10.0. The van der Waals surface area contributed by atoms with Gasteiger partial charge in [0, 0.05) is 12.4 Å². The number of aromatic amines is 1. The summed E-state index contributed by atoms with van der Waals surface area (Å²) < 4.78 is 39.3. The van der Waals surface area contributed by atoms with Gasteiger partial charge in [-0.2, -0.15) is 13.2 Å². The Kier molecular flexibility index (Phi) is 4.54. The lowest BCUT2D eigenvalue weighted by Crippen LogP contribution is -2.38. The highest BCUT2D eigenvalue weighted by Gasteiger charge is 2.43. The molecule has 26 heavy (non-hydrogen) atoms. The third kappa shape index (κ3) is 3.61. The van der Waals surface area contributed by atoms with Gasteiger partial charge in [0.15, 0.2) is 0 Å². The molecule has 0 aliphatic carbocycles. The molecule has 0 aliphatic heterocycles. The van der Waals surface area contributed by atoms with Crippen LogP contribution in [0.1, 0.15) is 18.8 Å². The van der Waals surface area contributed by atoms with E-state index in [-0.39, 0.29) is 5.82 Å². The van der Waals surface area contributed by atoms with Gasteiger partial charge in [-0.15, -0.1) is 0 Å². The van der Waals surface area contributed by atoms with Crippen molar-refractivity contribution >= 4 is 17.1 Å². The number of carbonyl (C=O) groups is 1. The van der Waals surface area contributed by atoms with E-state index in [2.05, 4.69) is 15.0 Å². The first-order valence-electron chi connectivity index (χ1n) is 7.72. The van der Waals surface area contributed by atoms with Crippen LogP contribution in [0, 0.1) is 5.92 Å². The molecule has 0 saturated carbocycles. The average Bonchev–Trinajstić information content (AvgIpc) is 3.01. The average molecular weight is 364 g/mol. The minimum Gasteiger partial charge on any atom is -0.465 e. The molecule has 0 spiro atoms. The highest BCUT2D eigenvalue weighted by atomic mass is 19.4. The van der Waals surface area contributed by atoms with Gasteiger partial charge < -0.3 is 15.4 Å². The first-order chi connectivity index (χ1) is 12.3. The number of hydrogen-bond donors (Lipinski definition) is 3. The van der Waals surface area contributed by atoms with E-state index < -0.39 is 24.2 Å². The number of hydrogen-bond acceptors (Lipinski definition) is 3. The number of aromatic nitrogens is 3. The molecule has 1 aromatic carbocycles. The first kappa shape index (κ1) is 17.7. The molecule has 0 radical (unpaired) electrons. The number of H-pyrrole nitrogens is 1. The molecule has 0 bridgehead atoms. The van der Waals surface area contributed by atoms with Crippen molar-refractivity contribution in [2.45, 2.75) is 19.1 Å². The largest absolute Gasteiger partial charge is 0.465 e. The minimum absolute atomic E-state index is 0.0842. The Hall–Kier alpha value is -3.10. The molecule has 0 aliphatic rings. The van der Waals surface area contributed by atoms with E-state index in [4.69, 9.17) is 5.11 Å². The fraction of sp³-hybridized carbons (Fsp3) is 0.235. The summed E-state index contributed by atoms with van der Waals surface area (Å²) in [5.41, 5.74) is 2.69. The number of nitrogens with zero attached hydrogens (tertiary/aromatic N) is 2. The topological polar surface area (TPSA) is 90.9 Å². The number of carboxylic acid groups (broad SMARTS) is 1. The normalized spacial score (nSPS) is 14.2. The van der Waals surface area contributed by atoms with Crippen LogP contribution >= 0.6 is 0 Å². The third-order valence-corrected chi connectivity index (χ3v) is 4.10. The number of pyridine rings is 1. The van der Waals surface area contributed by atoms with Crippen molar-refractivity contribution in [3.05, 3.63) is 48.5 Å². The number of halogens is 3. The summed E-state index contributed by atoms with van der Waals surface area (Å²) in [7, 11) is 0. The van der Waals surface area contributed by atoms with Gasteiger partial charge in [0.05, 0.1) is 17.0 Å². The van der Waals surface area contributed by atoms with Gasteiger partial charge in [-0.05, 0) is 35.4 Å². The van der Waals surface area contributed by atoms with E-state index in [0.717, 1.165) is 18.1 Å². The maximum absolute atomic E-state index is 13.1. The number of imidazole rings is 1. The number of nitrogens with one attached hydrogen (secondary N) is 2. The molecule has 6 nitrogen and oxygen atoms in total. The van der Waals surface area contributed by atoms with Crippen molar-refractivity contribution in [3.8, 4) is 11.1 Å². The van der Waals surface area contributed by atoms with Gasteiger partial charge in [-0.25, -0.2) is 9.78 Å². The van der Waals surface area contributed by atoms with Crippen molar-refractivity contribution in [3.63, 3.8) is 0 Å². The second-order valence-corrected chi connectivity index (χ2v) is 5.85. The van der Waals surface area contributed by atoms with Crippen LogP contribution in [0.4, 0.5) is 18.0 Å². The molecule has 3 rings (SSSR count). The van der Waals surface area contributed by atoms with Gasteiger partial charge in [0.25, 0.3) is 0 Å². The number of rotatable bonds is 4. The summed E-state index contributed by atoms with van der Waals surface area (Å²) in [5.74, 6) is -2.03. The Bertz CT molecular complexity index is 925. The predicted molar refractivity (Wildman–Crippen MR) is 88.4 cm³/mol. The Balaban J connectivity index is 2.02. The quantitative estimate of drug-likeness (QED) is 0.649. The van der Waals surface area contributed by atoms with E-state index in [9.17, 15) is 18.0 Å². The zero-order valence-electron chi connectivity index (χ0n) is 13.6. The summed E-state index contributed by atoms with van der Waals surface area (Å²) in [6.07, 6.45) is -2.86. The molecule has 0 saturated heterocycles. The van der Waals surface area contributed by atoms with Crippen molar-refractivity contribution in [2.24, 2.45) is 5.92 Å². The Labute approximate surface area is 146 Å². The van der Waals surface area contributed by atoms with Crippen molar-refractivity contribution < 1.29 is 23.1 Å². The molecule has 0 fully saturated rings. The lowest BCUT2D eigenvalue weighted by molar-refractivity contribution is -0.177. The van der Waals surface area contributed by atoms with Gasteiger partial charge in [0.2, 0.25) is 0 Å². The number of alkyl halides is 3. The second kappa shape index (κ2) is 6.66. The molecule has 2 aromatic heterocycles. The fourth-order valence-corrected chi connectivity index (χ4v) is 2.65. The van der Waals surface area contributed by atoms with E-state index in [1.54, 1.807) is 42.7 Å². The molecule has 3 aromatic rings. The van der Waals surface area contributed by atoms with Gasteiger partial charge in [-0.1, -0.05) is 13.0 Å². The zero-order valence-corrected chi connectivity index (χ0v) is 13.6. The lowest BCUT2D eigenvalue weighted by Gasteiger charge is -2.24. The van der Waals surface area contributed by atoms with Crippen molar-refractivity contribution in [1.29, 1.82) is 0 Å². The molecule has 2 unspecified atom stereocenters. The van der Waals surface area contributed by atoms with E-state index >= 15 is 0 Å². The van der Waals surface area contributed by atoms with Gasteiger partial charge >= 0.3 is 12.3 Å². The summed E-state index contributed by atoms with van der Waals surface area (Å²) in [5, 5.41) is 10.8. The maximum Gasteiger partial charge on any atom is 0.405 e. The van der Waals surface area contributed by atoms with E-state index in [1.165, 1.54) is 0 Å². The molecular formula is C17H15F3N4O2. The maximum atomic E-state index is 13.1. The summed E-state index contributed by atoms with van der Waals surface area (Å²) in [6.45, 7) is 0.913. The second-order valence-electron chi connectivity index (χ2n) is 5.85. The van der Waals surface area contributed by atoms with Crippen LogP contribution in [-0.2, 0) is 0 Å². The van der Waals surface area contributed by atoms with E-state index in [0.29, 0.717) is 11.0 Å².